The Balaban J connectivity index is 1.65. The van der Waals surface area contributed by atoms with Crippen molar-refractivity contribution >= 4 is 40.3 Å². The Morgan fingerprint density at radius 3 is 2.40 bits per heavy atom. The Morgan fingerprint density at radius 1 is 1.05 bits per heavy atom. The number of hydrogen-bond acceptors (Lipinski definition) is 8. The first-order chi connectivity index (χ1) is 19.2. The fourth-order valence-corrected chi connectivity index (χ4v) is 5.07. The minimum atomic E-state index is -3.06. The second-order valence-electron chi connectivity index (χ2n) is 8.81. The zero-order chi connectivity index (χ0) is 28.8. The zero-order valence-electron chi connectivity index (χ0n) is 21.4. The summed E-state index contributed by atoms with van der Waals surface area (Å²) in [4.78, 5) is 13.6. The molecular weight excluding hydrogens is 591 g/mol. The van der Waals surface area contributed by atoms with Crippen molar-refractivity contribution < 1.29 is 42.0 Å². The zero-order valence-corrected chi connectivity index (χ0v) is 23.7. The predicted octanol–water partition coefficient (Wildman–Crippen LogP) is 7.25. The Hall–Kier alpha value is -3.15. The van der Waals surface area contributed by atoms with Gasteiger partial charge in [0, 0.05) is 18.1 Å². The van der Waals surface area contributed by atoms with Crippen LogP contribution in [-0.4, -0.2) is 32.7 Å². The first kappa shape index (κ1) is 29.8. The summed E-state index contributed by atoms with van der Waals surface area (Å²) >= 11 is 13.4. The molecule has 1 aliphatic carbocycles. The highest BCUT2D eigenvalue weighted by Crippen LogP contribution is 2.40. The molecule has 0 spiro atoms. The molecule has 0 saturated heterocycles. The van der Waals surface area contributed by atoms with Gasteiger partial charge in [-0.3, -0.25) is 0 Å². The number of thioether (sulfide) groups is 1. The third-order valence-electron chi connectivity index (χ3n) is 5.98. The van der Waals surface area contributed by atoms with E-state index in [2.05, 4.69) is 4.74 Å². The van der Waals surface area contributed by atoms with E-state index in [9.17, 15) is 18.8 Å². The van der Waals surface area contributed by atoms with E-state index in [1.54, 1.807) is 18.2 Å². The second kappa shape index (κ2) is 13.5. The summed E-state index contributed by atoms with van der Waals surface area (Å²) in [7, 11) is 2.97. The Bertz CT molecular complexity index is 1340. The lowest BCUT2D eigenvalue weighted by molar-refractivity contribution is -0.605. The molecule has 1 aliphatic rings. The first-order valence-electron chi connectivity index (χ1n) is 12.1. The lowest BCUT2D eigenvalue weighted by Gasteiger charge is -2.21. The number of carbonyl (C=O) groups excluding carboxylic acids is 1. The van der Waals surface area contributed by atoms with Gasteiger partial charge in [-0.05, 0) is 60.4 Å². The fourth-order valence-electron chi connectivity index (χ4n) is 3.75. The van der Waals surface area contributed by atoms with Crippen molar-refractivity contribution in [3.63, 3.8) is 0 Å². The van der Waals surface area contributed by atoms with Gasteiger partial charge >= 0.3 is 11.9 Å². The molecular formula is C27H25Cl2F2NO7S. The molecule has 3 aromatic rings. The van der Waals surface area contributed by atoms with Crippen molar-refractivity contribution in [2.75, 3.05) is 20.8 Å². The smallest absolute Gasteiger partial charge is 0.387 e. The molecule has 214 valence electrons. The molecule has 1 fully saturated rings. The van der Waals surface area contributed by atoms with Crippen LogP contribution >= 0.6 is 35.0 Å². The first-order valence-corrected chi connectivity index (χ1v) is 13.6. The van der Waals surface area contributed by atoms with Crippen molar-refractivity contribution in [3.05, 3.63) is 75.2 Å². The number of rotatable bonds is 12. The van der Waals surface area contributed by atoms with Crippen LogP contribution in [0.15, 0.2) is 53.7 Å². The lowest BCUT2D eigenvalue weighted by Crippen LogP contribution is -2.25. The van der Waals surface area contributed by atoms with Crippen LogP contribution in [0.2, 0.25) is 10.0 Å². The molecule has 0 radical (unpaired) electrons. The third-order valence-corrected chi connectivity index (χ3v) is 7.45. The lowest BCUT2D eigenvalue weighted by atomic mass is 10.0. The van der Waals surface area contributed by atoms with E-state index in [1.165, 1.54) is 32.4 Å². The van der Waals surface area contributed by atoms with Crippen LogP contribution in [0.1, 0.15) is 30.1 Å². The summed E-state index contributed by atoms with van der Waals surface area (Å²) in [6, 6.07) is 9.23. The van der Waals surface area contributed by atoms with E-state index in [1.807, 2.05) is 0 Å². The Kier molecular flexibility index (Phi) is 10.0. The summed E-state index contributed by atoms with van der Waals surface area (Å²) in [5, 5.41) is 11.2. The van der Waals surface area contributed by atoms with Gasteiger partial charge < -0.3 is 28.9 Å². The predicted molar refractivity (Wildman–Crippen MR) is 145 cm³/mol. The molecule has 1 heterocycles. The van der Waals surface area contributed by atoms with Gasteiger partial charge in [0.25, 0.3) is 0 Å². The van der Waals surface area contributed by atoms with Gasteiger partial charge in [-0.2, -0.15) is 13.5 Å². The van der Waals surface area contributed by atoms with Crippen molar-refractivity contribution in [2.45, 2.75) is 36.9 Å². The van der Waals surface area contributed by atoms with Crippen LogP contribution in [0.4, 0.5) is 13.6 Å². The maximum Gasteiger partial charge on any atom is 0.387 e. The van der Waals surface area contributed by atoms with Crippen molar-refractivity contribution in [1.29, 1.82) is 0 Å². The standard InChI is InChI=1S/C27H25Cl2F2NO7S/c1-35-17-6-8-25(24(10-17)36-2)40-27(33)39-22(11-18-19(28)12-32(34)13-20(18)29)16-5-7-21(38-26(30)31)23(9-16)37-14-15-3-4-15/h5-10,12-13,15,22,26H,3-4,11,14H2,1-2H3/t22-/m0/s1. The number of halogens is 4. The van der Waals surface area contributed by atoms with E-state index in [-0.39, 0.29) is 28.0 Å². The molecule has 1 atom stereocenters. The summed E-state index contributed by atoms with van der Waals surface area (Å²) in [6.45, 7) is -2.72. The van der Waals surface area contributed by atoms with E-state index < -0.39 is 18.0 Å². The number of ether oxygens (including phenoxy) is 5. The van der Waals surface area contributed by atoms with Gasteiger partial charge in [0.2, 0.25) is 0 Å². The van der Waals surface area contributed by atoms with Gasteiger partial charge in [0.1, 0.15) is 27.6 Å². The number of alkyl halides is 2. The molecule has 0 bridgehead atoms. The number of carbonyl (C=O) groups is 1. The van der Waals surface area contributed by atoms with Crippen molar-refractivity contribution in [2.24, 2.45) is 5.92 Å². The number of aromatic nitrogens is 1. The van der Waals surface area contributed by atoms with Gasteiger partial charge in [-0.25, -0.2) is 4.79 Å². The molecule has 0 aliphatic heterocycles. The summed E-state index contributed by atoms with van der Waals surface area (Å²) in [5.41, 5.74) is 0.766. The Morgan fingerprint density at radius 2 is 1.77 bits per heavy atom. The average molecular weight is 616 g/mol. The normalized spacial score (nSPS) is 13.6. The molecule has 40 heavy (non-hydrogen) atoms. The number of hydrogen-bond donors (Lipinski definition) is 0. The summed E-state index contributed by atoms with van der Waals surface area (Å²) in [6.07, 6.45) is 3.21. The van der Waals surface area contributed by atoms with Crippen LogP contribution in [-0.2, 0) is 11.2 Å². The minimum Gasteiger partial charge on any atom is -0.619 e. The molecule has 1 aromatic heterocycles. The summed E-state index contributed by atoms with van der Waals surface area (Å²) < 4.78 is 53.4. The monoisotopic (exact) mass is 615 g/mol. The van der Waals surface area contributed by atoms with Crippen LogP contribution in [0.5, 0.6) is 23.0 Å². The maximum absolute atomic E-state index is 13.1. The van der Waals surface area contributed by atoms with Gasteiger partial charge in [0.05, 0.1) is 25.7 Å². The maximum atomic E-state index is 13.1. The Labute approximate surface area is 243 Å². The topological polar surface area (TPSA) is 90.2 Å². The van der Waals surface area contributed by atoms with Crippen molar-refractivity contribution in [1.82, 2.24) is 0 Å². The van der Waals surface area contributed by atoms with Gasteiger partial charge in [-0.1, -0.05) is 29.3 Å². The number of pyridine rings is 1. The van der Waals surface area contributed by atoms with Crippen LogP contribution in [0.25, 0.3) is 0 Å². The molecule has 4 rings (SSSR count). The molecule has 0 unspecified atom stereocenters. The molecule has 0 N–H and O–H groups in total. The van der Waals surface area contributed by atoms with Crippen molar-refractivity contribution in [3.8, 4) is 23.0 Å². The van der Waals surface area contributed by atoms with E-state index >= 15 is 0 Å². The van der Waals surface area contributed by atoms with Crippen LogP contribution in [0.3, 0.4) is 0 Å². The fraction of sp³-hybridized carbons (Fsp3) is 0.333. The molecule has 0 amide bonds. The highest BCUT2D eigenvalue weighted by Gasteiger charge is 2.27. The largest absolute Gasteiger partial charge is 0.619 e. The molecule has 8 nitrogen and oxygen atoms in total. The quantitative estimate of drug-likeness (QED) is 0.0911. The summed E-state index contributed by atoms with van der Waals surface area (Å²) in [5.74, 6) is 1.22. The second-order valence-corrected chi connectivity index (χ2v) is 10.6. The van der Waals surface area contributed by atoms with E-state index in [4.69, 9.17) is 42.1 Å². The number of nitrogens with zero attached hydrogens (tertiary/aromatic N) is 1. The molecule has 13 heteroatoms. The highest BCUT2D eigenvalue weighted by atomic mass is 35.5. The van der Waals surface area contributed by atoms with E-state index in [0.29, 0.717) is 44.8 Å². The number of benzene rings is 2. The van der Waals surface area contributed by atoms with Crippen LogP contribution in [0, 0.1) is 11.1 Å². The SMILES string of the molecule is COc1ccc(SC(=O)O[C@@H](Cc2c(Cl)c[n+]([O-])cc2Cl)c2ccc(OC(F)F)c(OCC3CC3)c2)c(OC)c1. The van der Waals surface area contributed by atoms with Gasteiger partial charge in [-0.15, -0.1) is 0 Å². The molecule has 2 aromatic carbocycles. The number of methoxy groups -OCH3 is 2. The van der Waals surface area contributed by atoms with Gasteiger partial charge in [0.15, 0.2) is 23.9 Å². The average Bonchev–Trinajstić information content (AvgIpc) is 3.74. The third kappa shape index (κ3) is 7.96. The minimum absolute atomic E-state index is 0.0261. The highest BCUT2D eigenvalue weighted by molar-refractivity contribution is 8.13. The van der Waals surface area contributed by atoms with E-state index in [0.717, 1.165) is 37.0 Å². The van der Waals surface area contributed by atoms with Crippen LogP contribution < -0.4 is 23.7 Å². The molecule has 1 saturated carbocycles.